The molecule has 4 aromatic carbocycles. The zero-order valence-corrected chi connectivity index (χ0v) is 23.8. The average molecular weight is 548 g/mol. The SMILES string of the molecule is COc1ccc(C(C)(C)C)cc1/C(O)=C1\C(=O)C(=O)N(c2ccc(Oc3ccccc3)cc2)C1c1cccc(C)c1. The molecule has 0 aromatic heterocycles. The first kappa shape index (κ1) is 27.7. The van der Waals surface area contributed by atoms with Gasteiger partial charge in [-0.25, -0.2) is 0 Å². The fourth-order valence-electron chi connectivity index (χ4n) is 5.06. The number of ether oxygens (including phenoxy) is 2. The van der Waals surface area contributed by atoms with Crippen LogP contribution in [0.2, 0.25) is 0 Å². The van der Waals surface area contributed by atoms with E-state index in [1.807, 2.05) is 73.7 Å². The van der Waals surface area contributed by atoms with Crippen molar-refractivity contribution in [3.8, 4) is 17.2 Å². The van der Waals surface area contributed by atoms with Crippen LogP contribution in [0, 0.1) is 6.92 Å². The Bertz CT molecular complexity index is 1630. The summed E-state index contributed by atoms with van der Waals surface area (Å²) in [7, 11) is 1.51. The molecule has 1 heterocycles. The highest BCUT2D eigenvalue weighted by Crippen LogP contribution is 2.44. The Hall–Kier alpha value is -4.84. The number of ketones is 1. The average Bonchev–Trinajstić information content (AvgIpc) is 3.23. The number of benzene rings is 4. The van der Waals surface area contributed by atoms with Crippen LogP contribution < -0.4 is 14.4 Å². The minimum Gasteiger partial charge on any atom is -0.507 e. The Morgan fingerprint density at radius 3 is 2.15 bits per heavy atom. The summed E-state index contributed by atoms with van der Waals surface area (Å²) in [6, 6.07) is 28.7. The molecule has 1 N–H and O–H groups in total. The van der Waals surface area contributed by atoms with Crippen molar-refractivity contribution in [1.82, 2.24) is 0 Å². The third kappa shape index (κ3) is 5.46. The number of nitrogens with zero attached hydrogens (tertiary/aromatic N) is 1. The fraction of sp³-hybridized carbons (Fsp3) is 0.200. The van der Waals surface area contributed by atoms with Gasteiger partial charge in [0.05, 0.1) is 24.3 Å². The van der Waals surface area contributed by atoms with Crippen molar-refractivity contribution in [2.75, 3.05) is 12.0 Å². The van der Waals surface area contributed by atoms with Crippen LogP contribution >= 0.6 is 0 Å². The van der Waals surface area contributed by atoms with Crippen LogP contribution in [0.15, 0.2) is 103 Å². The molecular weight excluding hydrogens is 514 g/mol. The molecule has 1 atom stereocenters. The predicted octanol–water partition coefficient (Wildman–Crippen LogP) is 7.72. The van der Waals surface area contributed by atoms with E-state index in [1.165, 1.54) is 12.0 Å². The van der Waals surface area contributed by atoms with E-state index in [4.69, 9.17) is 9.47 Å². The summed E-state index contributed by atoms with van der Waals surface area (Å²) in [5.74, 6) is -0.0711. The van der Waals surface area contributed by atoms with Gasteiger partial charge in [0.2, 0.25) is 0 Å². The molecule has 5 rings (SSSR count). The number of amides is 1. The topological polar surface area (TPSA) is 76.1 Å². The number of methoxy groups -OCH3 is 1. The smallest absolute Gasteiger partial charge is 0.300 e. The number of carbonyl (C=O) groups excluding carboxylic acids is 2. The van der Waals surface area contributed by atoms with Crippen molar-refractivity contribution in [3.63, 3.8) is 0 Å². The zero-order chi connectivity index (χ0) is 29.3. The first-order valence-corrected chi connectivity index (χ1v) is 13.5. The lowest BCUT2D eigenvalue weighted by molar-refractivity contribution is -0.132. The van der Waals surface area contributed by atoms with E-state index in [0.29, 0.717) is 34.1 Å². The Balaban J connectivity index is 1.65. The molecule has 0 bridgehead atoms. The number of aliphatic hydroxyl groups is 1. The number of anilines is 1. The van der Waals surface area contributed by atoms with Gasteiger partial charge in [-0.05, 0) is 72.0 Å². The van der Waals surface area contributed by atoms with Crippen molar-refractivity contribution in [2.24, 2.45) is 0 Å². The van der Waals surface area contributed by atoms with Crippen molar-refractivity contribution in [1.29, 1.82) is 0 Å². The highest BCUT2D eigenvalue weighted by atomic mass is 16.5. The second kappa shape index (κ2) is 11.0. The van der Waals surface area contributed by atoms with E-state index in [-0.39, 0.29) is 16.7 Å². The van der Waals surface area contributed by atoms with Gasteiger partial charge < -0.3 is 14.6 Å². The first-order chi connectivity index (χ1) is 19.6. The molecule has 1 saturated heterocycles. The number of carbonyl (C=O) groups is 2. The lowest BCUT2D eigenvalue weighted by Crippen LogP contribution is -2.29. The van der Waals surface area contributed by atoms with Crippen molar-refractivity contribution in [2.45, 2.75) is 39.2 Å². The highest BCUT2D eigenvalue weighted by molar-refractivity contribution is 6.51. The van der Waals surface area contributed by atoms with Crippen LogP contribution in [0.25, 0.3) is 5.76 Å². The zero-order valence-electron chi connectivity index (χ0n) is 23.8. The molecule has 1 aliphatic heterocycles. The lowest BCUT2D eigenvalue weighted by atomic mass is 9.85. The van der Waals surface area contributed by atoms with Crippen LogP contribution in [0.3, 0.4) is 0 Å². The monoisotopic (exact) mass is 547 g/mol. The second-order valence-corrected chi connectivity index (χ2v) is 11.2. The lowest BCUT2D eigenvalue weighted by Gasteiger charge is -2.26. The Labute approximate surface area is 240 Å². The van der Waals surface area contributed by atoms with E-state index in [9.17, 15) is 14.7 Å². The van der Waals surface area contributed by atoms with Crippen molar-refractivity contribution < 1.29 is 24.2 Å². The van der Waals surface area contributed by atoms with Gasteiger partial charge in [-0.2, -0.15) is 0 Å². The normalized spacial score (nSPS) is 16.6. The molecule has 208 valence electrons. The largest absolute Gasteiger partial charge is 0.507 e. The van der Waals surface area contributed by atoms with Gasteiger partial charge in [-0.15, -0.1) is 0 Å². The summed E-state index contributed by atoms with van der Waals surface area (Å²) in [6.07, 6.45) is 0. The predicted molar refractivity (Wildman–Crippen MR) is 161 cm³/mol. The van der Waals surface area contributed by atoms with E-state index in [1.54, 1.807) is 30.3 Å². The molecule has 1 aliphatic rings. The van der Waals surface area contributed by atoms with Crippen LogP contribution in [0.1, 0.15) is 49.1 Å². The molecule has 0 radical (unpaired) electrons. The van der Waals surface area contributed by atoms with E-state index < -0.39 is 17.7 Å². The van der Waals surface area contributed by atoms with Crippen molar-refractivity contribution >= 4 is 23.1 Å². The van der Waals surface area contributed by atoms with Gasteiger partial charge in [0.25, 0.3) is 11.7 Å². The second-order valence-electron chi connectivity index (χ2n) is 11.2. The molecule has 6 heteroatoms. The first-order valence-electron chi connectivity index (χ1n) is 13.5. The Morgan fingerprint density at radius 1 is 0.829 bits per heavy atom. The van der Waals surface area contributed by atoms with Crippen LogP contribution in [0.4, 0.5) is 5.69 Å². The molecule has 0 spiro atoms. The van der Waals surface area contributed by atoms with Gasteiger partial charge in [-0.1, -0.05) is 74.9 Å². The minimum absolute atomic E-state index is 0.00886. The maximum absolute atomic E-state index is 13.7. The van der Waals surface area contributed by atoms with Crippen LogP contribution in [0.5, 0.6) is 17.2 Å². The van der Waals surface area contributed by atoms with E-state index in [0.717, 1.165) is 11.1 Å². The summed E-state index contributed by atoms with van der Waals surface area (Å²) >= 11 is 0. The molecule has 6 nitrogen and oxygen atoms in total. The fourth-order valence-corrected chi connectivity index (χ4v) is 5.06. The number of hydrogen-bond acceptors (Lipinski definition) is 5. The summed E-state index contributed by atoms with van der Waals surface area (Å²) in [6.45, 7) is 8.14. The number of Topliss-reactive ketones (excluding diaryl/α,β-unsaturated/α-hetero) is 1. The number of aryl methyl sites for hydroxylation is 1. The third-order valence-corrected chi connectivity index (χ3v) is 7.22. The maximum Gasteiger partial charge on any atom is 0.300 e. The van der Waals surface area contributed by atoms with E-state index in [2.05, 4.69) is 20.8 Å². The number of rotatable bonds is 6. The standard InChI is InChI=1S/C35H33NO5/c1-22-10-9-11-23(20-22)31-30(32(37)28-21-24(35(2,3)4)14-19-29(28)40-5)33(38)34(39)36(31)25-15-17-27(18-16-25)41-26-12-7-6-8-13-26/h6-21,31,37H,1-5H3/b32-30+. The van der Waals surface area contributed by atoms with Crippen LogP contribution in [-0.2, 0) is 15.0 Å². The van der Waals surface area contributed by atoms with Crippen molar-refractivity contribution in [3.05, 3.63) is 125 Å². The molecular formula is C35H33NO5. The quantitative estimate of drug-likeness (QED) is 0.152. The molecule has 1 amide bonds. The Kier molecular flexibility index (Phi) is 7.41. The van der Waals surface area contributed by atoms with Gasteiger partial charge in [0.1, 0.15) is 23.0 Å². The number of hydrogen-bond donors (Lipinski definition) is 1. The summed E-state index contributed by atoms with van der Waals surface area (Å²) in [5.41, 5.74) is 3.29. The maximum atomic E-state index is 13.7. The number of aliphatic hydroxyl groups excluding tert-OH is 1. The van der Waals surface area contributed by atoms with Crippen LogP contribution in [-0.4, -0.2) is 23.9 Å². The van der Waals surface area contributed by atoms with Gasteiger partial charge in [0, 0.05) is 5.69 Å². The third-order valence-electron chi connectivity index (χ3n) is 7.22. The summed E-state index contributed by atoms with van der Waals surface area (Å²) in [5, 5.41) is 11.8. The van der Waals surface area contributed by atoms with E-state index >= 15 is 0 Å². The molecule has 1 unspecified atom stereocenters. The number of para-hydroxylation sites is 1. The molecule has 1 fully saturated rings. The molecule has 41 heavy (non-hydrogen) atoms. The van der Waals surface area contributed by atoms with Gasteiger partial charge >= 0.3 is 0 Å². The molecule has 0 aliphatic carbocycles. The highest BCUT2D eigenvalue weighted by Gasteiger charge is 2.47. The minimum atomic E-state index is -0.848. The van der Waals surface area contributed by atoms with Gasteiger partial charge in [0.15, 0.2) is 0 Å². The Morgan fingerprint density at radius 2 is 1.51 bits per heavy atom. The summed E-state index contributed by atoms with van der Waals surface area (Å²) < 4.78 is 11.5. The molecule has 0 saturated carbocycles. The van der Waals surface area contributed by atoms with Gasteiger partial charge in [-0.3, -0.25) is 14.5 Å². The summed E-state index contributed by atoms with van der Waals surface area (Å²) in [4.78, 5) is 28.8. The molecule has 4 aromatic rings.